The highest BCUT2D eigenvalue weighted by atomic mass is 32.1. The van der Waals surface area contributed by atoms with Gasteiger partial charge in [0.1, 0.15) is 22.2 Å². The number of thiophene rings is 1. The van der Waals surface area contributed by atoms with Crippen LogP contribution in [0, 0.1) is 5.82 Å². The van der Waals surface area contributed by atoms with Crippen LogP contribution in [-0.4, -0.2) is 22.1 Å². The van der Waals surface area contributed by atoms with Crippen LogP contribution >= 0.6 is 11.3 Å². The number of nitrogens with zero attached hydrogens (tertiary/aromatic N) is 1. The lowest BCUT2D eigenvalue weighted by Crippen LogP contribution is -2.20. The second-order valence-electron chi connectivity index (χ2n) is 6.67. The fraction of sp³-hybridized carbons (Fsp3) is 0.0455. The van der Waals surface area contributed by atoms with Gasteiger partial charge in [-0.1, -0.05) is 12.1 Å². The van der Waals surface area contributed by atoms with Crippen molar-refractivity contribution in [1.29, 1.82) is 0 Å². The van der Waals surface area contributed by atoms with E-state index in [1.807, 2.05) is 0 Å². The van der Waals surface area contributed by atoms with E-state index in [-0.39, 0.29) is 17.1 Å². The van der Waals surface area contributed by atoms with Gasteiger partial charge in [-0.15, -0.1) is 11.3 Å². The normalized spacial score (nSPS) is 10.7. The topological polar surface area (TPSA) is 127 Å². The van der Waals surface area contributed by atoms with Crippen LogP contribution in [0.4, 0.5) is 20.6 Å². The van der Waals surface area contributed by atoms with Gasteiger partial charge in [-0.2, -0.15) is 0 Å². The molecule has 4 rings (SSSR count). The molecule has 2 aromatic heterocycles. The quantitative estimate of drug-likeness (QED) is 0.325. The number of pyridine rings is 1. The van der Waals surface area contributed by atoms with Crippen molar-refractivity contribution in [3.8, 4) is 11.5 Å². The number of amides is 2. The van der Waals surface area contributed by atoms with Crippen LogP contribution < -0.4 is 21.1 Å². The van der Waals surface area contributed by atoms with Crippen LogP contribution in [0.2, 0.25) is 0 Å². The van der Waals surface area contributed by atoms with Crippen LogP contribution in [0.1, 0.15) is 15.2 Å². The molecule has 0 radical (unpaired) electrons. The molecule has 5 N–H and O–H groups in total. The molecule has 0 spiro atoms. The first-order chi connectivity index (χ1) is 15.4. The van der Waals surface area contributed by atoms with E-state index in [9.17, 15) is 19.1 Å². The smallest absolute Gasteiger partial charge is 0.345 e. The van der Waals surface area contributed by atoms with Gasteiger partial charge in [-0.25, -0.2) is 14.0 Å². The molecule has 0 saturated carbocycles. The molecule has 0 aliphatic carbocycles. The SMILES string of the molecule is NCc1ccc(F)c(NC(=O)Nc2cccc(Oc3ccnc4cc(C(=O)O)sc34)c2)c1. The predicted octanol–water partition coefficient (Wildman–Crippen LogP) is 5.03. The number of urea groups is 1. The van der Waals surface area contributed by atoms with Crippen LogP contribution in [0.25, 0.3) is 10.2 Å². The number of benzene rings is 2. The summed E-state index contributed by atoms with van der Waals surface area (Å²) in [5, 5.41) is 14.3. The third kappa shape index (κ3) is 4.66. The fourth-order valence-corrected chi connectivity index (χ4v) is 3.85. The van der Waals surface area contributed by atoms with Crippen LogP contribution in [-0.2, 0) is 6.54 Å². The maximum Gasteiger partial charge on any atom is 0.345 e. The Balaban J connectivity index is 1.50. The molecule has 10 heteroatoms. The second-order valence-corrected chi connectivity index (χ2v) is 7.72. The van der Waals surface area contributed by atoms with Crippen molar-refractivity contribution in [2.75, 3.05) is 10.6 Å². The molecule has 162 valence electrons. The summed E-state index contributed by atoms with van der Waals surface area (Å²) >= 11 is 1.06. The van der Waals surface area contributed by atoms with Crippen LogP contribution in [0.5, 0.6) is 11.5 Å². The Labute approximate surface area is 185 Å². The third-order valence-electron chi connectivity index (χ3n) is 4.42. The van der Waals surface area contributed by atoms with E-state index >= 15 is 0 Å². The van der Waals surface area contributed by atoms with E-state index in [1.54, 1.807) is 36.4 Å². The Morgan fingerprint density at radius 1 is 1.12 bits per heavy atom. The summed E-state index contributed by atoms with van der Waals surface area (Å²) in [6.45, 7) is 0.219. The summed E-state index contributed by atoms with van der Waals surface area (Å²) in [7, 11) is 0. The molecule has 0 atom stereocenters. The summed E-state index contributed by atoms with van der Waals surface area (Å²) in [5.74, 6) is -0.760. The second kappa shape index (κ2) is 9.00. The van der Waals surface area contributed by atoms with E-state index in [2.05, 4.69) is 15.6 Å². The van der Waals surface area contributed by atoms with Crippen LogP contribution in [0.15, 0.2) is 60.8 Å². The average Bonchev–Trinajstić information content (AvgIpc) is 3.21. The fourth-order valence-electron chi connectivity index (χ4n) is 2.94. The van der Waals surface area contributed by atoms with Crippen molar-refractivity contribution in [2.24, 2.45) is 5.73 Å². The number of ether oxygens (including phenoxy) is 1. The molecule has 0 unspecified atom stereocenters. The van der Waals surface area contributed by atoms with Gasteiger partial charge in [0, 0.05) is 30.6 Å². The largest absolute Gasteiger partial charge is 0.477 e. The number of hydrogen-bond acceptors (Lipinski definition) is 6. The van der Waals surface area contributed by atoms with Gasteiger partial charge >= 0.3 is 12.0 Å². The van der Waals surface area contributed by atoms with Crippen molar-refractivity contribution in [3.05, 3.63) is 77.1 Å². The van der Waals surface area contributed by atoms with Crippen molar-refractivity contribution >= 4 is 44.9 Å². The lowest BCUT2D eigenvalue weighted by atomic mass is 10.2. The Hall–Kier alpha value is -4.02. The number of carboxylic acid groups (broad SMARTS) is 1. The minimum Gasteiger partial charge on any atom is -0.477 e. The Bertz CT molecular complexity index is 1320. The number of carboxylic acids is 1. The summed E-state index contributed by atoms with van der Waals surface area (Å²) in [4.78, 5) is 27.9. The molecule has 32 heavy (non-hydrogen) atoms. The van der Waals surface area contributed by atoms with E-state index in [0.717, 1.165) is 11.3 Å². The third-order valence-corrected chi connectivity index (χ3v) is 5.55. The first-order valence-corrected chi connectivity index (χ1v) is 10.2. The number of nitrogens with two attached hydrogens (primary N) is 1. The first-order valence-electron chi connectivity index (χ1n) is 9.39. The van der Waals surface area contributed by atoms with E-state index in [4.69, 9.17) is 10.5 Å². The Morgan fingerprint density at radius 3 is 2.75 bits per heavy atom. The number of fused-ring (bicyclic) bond motifs is 1. The lowest BCUT2D eigenvalue weighted by Gasteiger charge is -2.11. The van der Waals surface area contributed by atoms with Crippen molar-refractivity contribution < 1.29 is 23.8 Å². The molecule has 2 heterocycles. The van der Waals surface area contributed by atoms with Crippen LogP contribution in [0.3, 0.4) is 0 Å². The maximum absolute atomic E-state index is 13.9. The molecule has 2 aromatic carbocycles. The van der Waals surface area contributed by atoms with E-state index in [1.165, 1.54) is 24.4 Å². The molecule has 0 aliphatic heterocycles. The zero-order chi connectivity index (χ0) is 22.7. The molecule has 0 saturated heterocycles. The zero-order valence-electron chi connectivity index (χ0n) is 16.5. The van der Waals surface area contributed by atoms with Gasteiger partial charge in [0.15, 0.2) is 0 Å². The molecule has 0 aliphatic rings. The first kappa shape index (κ1) is 21.2. The Kier molecular flexibility index (Phi) is 5.97. The highest BCUT2D eigenvalue weighted by Crippen LogP contribution is 2.35. The van der Waals surface area contributed by atoms with Gasteiger partial charge in [-0.05, 0) is 35.9 Å². The standard InChI is InChI=1S/C22H17FN4O4S/c23-15-5-4-12(11-24)8-16(15)27-22(30)26-13-2-1-3-14(9-13)31-18-6-7-25-17-10-19(21(28)29)32-20(17)18/h1-10H,11,24H2,(H,28,29)(H2,26,27,30). The monoisotopic (exact) mass is 452 g/mol. The van der Waals surface area contributed by atoms with Gasteiger partial charge in [0.25, 0.3) is 0 Å². The van der Waals surface area contributed by atoms with Gasteiger partial charge < -0.3 is 26.2 Å². The molecule has 8 nitrogen and oxygen atoms in total. The van der Waals surface area contributed by atoms with E-state index < -0.39 is 17.8 Å². The molecule has 4 aromatic rings. The Morgan fingerprint density at radius 2 is 1.97 bits per heavy atom. The highest BCUT2D eigenvalue weighted by molar-refractivity contribution is 7.21. The summed E-state index contributed by atoms with van der Waals surface area (Å²) in [6.07, 6.45) is 1.52. The predicted molar refractivity (Wildman–Crippen MR) is 120 cm³/mol. The highest BCUT2D eigenvalue weighted by Gasteiger charge is 2.14. The van der Waals surface area contributed by atoms with Crippen molar-refractivity contribution in [3.63, 3.8) is 0 Å². The van der Waals surface area contributed by atoms with E-state index in [0.29, 0.717) is 33.0 Å². The number of rotatable bonds is 6. The summed E-state index contributed by atoms with van der Waals surface area (Å²) < 4.78 is 20.4. The number of carbonyl (C=O) groups is 2. The number of halogens is 1. The minimum absolute atomic E-state index is 0.0176. The lowest BCUT2D eigenvalue weighted by molar-refractivity contribution is 0.0702. The number of hydrogen-bond donors (Lipinski definition) is 4. The molecular weight excluding hydrogens is 435 g/mol. The molecule has 2 amide bonds. The number of nitrogens with one attached hydrogen (secondary N) is 2. The average molecular weight is 452 g/mol. The molecular formula is C22H17FN4O4S. The van der Waals surface area contributed by atoms with Gasteiger partial charge in [0.05, 0.1) is 15.9 Å². The summed E-state index contributed by atoms with van der Waals surface area (Å²) in [6, 6.07) is 13.3. The number of anilines is 2. The molecule has 0 fully saturated rings. The maximum atomic E-state index is 13.9. The number of aromatic carboxylic acids is 1. The van der Waals surface area contributed by atoms with Gasteiger partial charge in [0.2, 0.25) is 0 Å². The summed E-state index contributed by atoms with van der Waals surface area (Å²) in [5.41, 5.74) is 7.18. The molecule has 0 bridgehead atoms. The number of aromatic nitrogens is 1. The van der Waals surface area contributed by atoms with Crippen molar-refractivity contribution in [2.45, 2.75) is 6.54 Å². The number of carbonyl (C=O) groups excluding carboxylic acids is 1. The zero-order valence-corrected chi connectivity index (χ0v) is 17.3. The minimum atomic E-state index is -1.04. The van der Waals surface area contributed by atoms with Crippen molar-refractivity contribution in [1.82, 2.24) is 4.98 Å². The van der Waals surface area contributed by atoms with Gasteiger partial charge in [-0.3, -0.25) is 4.98 Å².